The van der Waals surface area contributed by atoms with Crippen molar-refractivity contribution in [3.63, 3.8) is 0 Å². The van der Waals surface area contributed by atoms with Crippen LogP contribution >= 0.6 is 11.6 Å². The molecule has 2 unspecified atom stereocenters. The number of imide groups is 1. The van der Waals surface area contributed by atoms with Crippen LogP contribution in [-0.2, 0) is 19.9 Å². The van der Waals surface area contributed by atoms with E-state index in [1.54, 1.807) is 12.1 Å². The minimum absolute atomic E-state index is 0.109. The Bertz CT molecular complexity index is 1200. The Hall–Kier alpha value is -4.16. The SMILES string of the molecule is CC(=O)Oc1cc(OC(C)=O)cc(C2(NC(=O)O)C(=O)N(C)C(=O)N(c3ccccc3Cl)C2N)c1. The molecule has 1 aliphatic heterocycles. The zero-order valence-corrected chi connectivity index (χ0v) is 19.5. The highest BCUT2D eigenvalue weighted by atomic mass is 35.5. The van der Waals surface area contributed by atoms with Crippen molar-refractivity contribution in [2.75, 3.05) is 11.9 Å². The van der Waals surface area contributed by atoms with Gasteiger partial charge >= 0.3 is 24.1 Å². The number of likely N-dealkylation sites (N-methyl/N-ethyl adjacent to an activating group) is 1. The van der Waals surface area contributed by atoms with Crippen molar-refractivity contribution in [2.24, 2.45) is 5.73 Å². The summed E-state index contributed by atoms with van der Waals surface area (Å²) in [7, 11) is 1.14. The highest BCUT2D eigenvalue weighted by molar-refractivity contribution is 6.34. The molecule has 184 valence electrons. The fourth-order valence-electron chi connectivity index (χ4n) is 3.76. The lowest BCUT2D eigenvalue weighted by atomic mass is 9.82. The van der Waals surface area contributed by atoms with Crippen molar-refractivity contribution < 1.29 is 38.6 Å². The molecule has 35 heavy (non-hydrogen) atoms. The highest BCUT2D eigenvalue weighted by Gasteiger charge is 2.58. The summed E-state index contributed by atoms with van der Waals surface area (Å²) < 4.78 is 10.2. The Morgan fingerprint density at radius 1 is 1.06 bits per heavy atom. The number of esters is 2. The van der Waals surface area contributed by atoms with Gasteiger partial charge in [0.15, 0.2) is 5.54 Å². The van der Waals surface area contributed by atoms with Crippen molar-refractivity contribution in [1.29, 1.82) is 0 Å². The van der Waals surface area contributed by atoms with E-state index >= 15 is 0 Å². The average Bonchev–Trinajstić information content (AvgIpc) is 2.75. The number of nitrogens with zero attached hydrogens (tertiary/aromatic N) is 2. The van der Waals surface area contributed by atoms with E-state index in [1.165, 1.54) is 30.3 Å². The minimum Gasteiger partial charge on any atom is -0.465 e. The number of carboxylic acid groups (broad SMARTS) is 1. The largest absolute Gasteiger partial charge is 0.465 e. The molecule has 2 aromatic rings. The zero-order chi connectivity index (χ0) is 26.1. The maximum absolute atomic E-state index is 13.6. The number of rotatable bonds is 5. The monoisotopic (exact) mass is 504 g/mol. The summed E-state index contributed by atoms with van der Waals surface area (Å²) in [6, 6.07) is 8.82. The number of halogens is 1. The van der Waals surface area contributed by atoms with Crippen LogP contribution in [0.15, 0.2) is 42.5 Å². The number of anilines is 1. The molecule has 13 heteroatoms. The Balaban J connectivity index is 2.33. The summed E-state index contributed by atoms with van der Waals surface area (Å²) in [5.74, 6) is -2.83. The molecule has 1 saturated heterocycles. The second-order valence-corrected chi connectivity index (χ2v) is 7.94. The Morgan fingerprint density at radius 2 is 1.60 bits per heavy atom. The molecule has 4 N–H and O–H groups in total. The smallest absolute Gasteiger partial charge is 0.405 e. The molecule has 1 heterocycles. The number of carbonyl (C=O) groups is 5. The van der Waals surface area contributed by atoms with E-state index in [4.69, 9.17) is 26.8 Å². The molecule has 0 aliphatic carbocycles. The first kappa shape index (κ1) is 25.5. The molecule has 0 aromatic heterocycles. The Kier molecular flexibility index (Phi) is 6.99. The van der Waals surface area contributed by atoms with E-state index in [-0.39, 0.29) is 27.8 Å². The van der Waals surface area contributed by atoms with Gasteiger partial charge in [-0.2, -0.15) is 0 Å². The molecule has 1 aliphatic rings. The number of carbonyl (C=O) groups excluding carboxylic acids is 4. The number of urea groups is 1. The maximum Gasteiger partial charge on any atom is 0.405 e. The van der Waals surface area contributed by atoms with Gasteiger partial charge in [-0.1, -0.05) is 23.7 Å². The summed E-state index contributed by atoms with van der Waals surface area (Å²) in [6.07, 6.45) is -3.32. The molecule has 4 amide bonds. The lowest BCUT2D eigenvalue weighted by Crippen LogP contribution is -2.76. The number of nitrogens with two attached hydrogens (primary N) is 1. The first-order valence-electron chi connectivity index (χ1n) is 10.0. The number of para-hydroxylation sites is 1. The normalized spacial score (nSPS) is 19.9. The van der Waals surface area contributed by atoms with Gasteiger partial charge in [0.2, 0.25) is 0 Å². The first-order chi connectivity index (χ1) is 16.4. The number of ether oxygens (including phenoxy) is 2. The van der Waals surface area contributed by atoms with E-state index < -0.39 is 41.7 Å². The quantitative estimate of drug-likeness (QED) is 0.407. The minimum atomic E-state index is -2.33. The van der Waals surface area contributed by atoms with Gasteiger partial charge in [-0.3, -0.25) is 24.2 Å². The zero-order valence-electron chi connectivity index (χ0n) is 18.8. The van der Waals surface area contributed by atoms with E-state index in [2.05, 4.69) is 5.32 Å². The Labute approximate surface area is 204 Å². The van der Waals surface area contributed by atoms with E-state index in [0.717, 1.165) is 25.8 Å². The van der Waals surface area contributed by atoms with E-state index in [0.29, 0.717) is 4.90 Å². The van der Waals surface area contributed by atoms with Crippen LogP contribution in [0.4, 0.5) is 15.3 Å². The van der Waals surface area contributed by atoms with Crippen LogP contribution in [-0.4, -0.2) is 53.2 Å². The molecule has 0 bridgehead atoms. The third kappa shape index (κ3) is 4.74. The van der Waals surface area contributed by atoms with Crippen molar-refractivity contribution in [3.05, 3.63) is 53.1 Å². The molecule has 3 rings (SSSR count). The molecule has 0 spiro atoms. The van der Waals surface area contributed by atoms with Crippen LogP contribution in [0.1, 0.15) is 19.4 Å². The topological polar surface area (TPSA) is 169 Å². The lowest BCUT2D eigenvalue weighted by Gasteiger charge is -2.49. The summed E-state index contributed by atoms with van der Waals surface area (Å²) >= 11 is 6.28. The third-order valence-corrected chi connectivity index (χ3v) is 5.45. The van der Waals surface area contributed by atoms with Crippen molar-refractivity contribution in [1.82, 2.24) is 10.2 Å². The van der Waals surface area contributed by atoms with Crippen LogP contribution < -0.4 is 25.4 Å². The van der Waals surface area contributed by atoms with Crippen molar-refractivity contribution in [2.45, 2.75) is 25.6 Å². The molecular weight excluding hydrogens is 484 g/mol. The molecule has 2 atom stereocenters. The van der Waals surface area contributed by atoms with Gasteiger partial charge in [0.25, 0.3) is 5.91 Å². The molecule has 1 fully saturated rings. The fraction of sp³-hybridized carbons (Fsp3) is 0.227. The molecule has 2 aromatic carbocycles. The van der Waals surface area contributed by atoms with Crippen LogP contribution in [0.3, 0.4) is 0 Å². The van der Waals surface area contributed by atoms with Gasteiger partial charge in [-0.05, 0) is 29.8 Å². The number of nitrogens with one attached hydrogen (secondary N) is 1. The summed E-state index contributed by atoms with van der Waals surface area (Å²) in [5, 5.41) is 11.9. The number of hydrogen-bond acceptors (Lipinski definition) is 8. The third-order valence-electron chi connectivity index (χ3n) is 5.13. The molecular formula is C22H21ClN4O8. The fourth-order valence-corrected chi connectivity index (χ4v) is 3.99. The summed E-state index contributed by atoms with van der Waals surface area (Å²) in [4.78, 5) is 63.4. The molecule has 0 radical (unpaired) electrons. The standard InChI is InChI=1S/C22H21ClN4O8/c1-11(28)34-14-8-13(9-15(10-14)35-12(2)29)22(25-20(31)32)18(24)27(21(33)26(3)19(22)30)17-7-5-4-6-16(17)23/h4-10,18,25H,24H2,1-3H3,(H,31,32). The second kappa shape index (κ2) is 9.60. The van der Waals surface area contributed by atoms with Crippen LogP contribution in [0, 0.1) is 0 Å². The van der Waals surface area contributed by atoms with Gasteiger partial charge in [-0.15, -0.1) is 0 Å². The molecule has 12 nitrogen and oxygen atoms in total. The van der Waals surface area contributed by atoms with Gasteiger partial charge in [0.05, 0.1) is 10.7 Å². The first-order valence-corrected chi connectivity index (χ1v) is 10.4. The summed E-state index contributed by atoms with van der Waals surface area (Å²) in [6.45, 7) is 2.24. The van der Waals surface area contributed by atoms with Gasteiger partial charge in [-0.25, -0.2) is 9.59 Å². The van der Waals surface area contributed by atoms with Gasteiger partial charge < -0.3 is 25.6 Å². The predicted molar refractivity (Wildman–Crippen MR) is 122 cm³/mol. The number of benzene rings is 2. The molecule has 0 saturated carbocycles. The maximum atomic E-state index is 13.6. The predicted octanol–water partition coefficient (Wildman–Crippen LogP) is 2.04. The Morgan fingerprint density at radius 3 is 2.09 bits per heavy atom. The highest BCUT2D eigenvalue weighted by Crippen LogP contribution is 2.40. The van der Waals surface area contributed by atoms with Gasteiger partial charge in [0, 0.05) is 27.0 Å². The van der Waals surface area contributed by atoms with Crippen LogP contribution in [0.2, 0.25) is 5.02 Å². The van der Waals surface area contributed by atoms with E-state index in [9.17, 15) is 29.1 Å². The van der Waals surface area contributed by atoms with Crippen LogP contribution in [0.25, 0.3) is 0 Å². The number of amides is 4. The average molecular weight is 505 g/mol. The lowest BCUT2D eigenvalue weighted by molar-refractivity contribution is -0.137. The van der Waals surface area contributed by atoms with Crippen LogP contribution in [0.5, 0.6) is 11.5 Å². The summed E-state index contributed by atoms with van der Waals surface area (Å²) in [5.41, 5.74) is 4.06. The number of hydrogen-bond donors (Lipinski definition) is 3. The second-order valence-electron chi connectivity index (χ2n) is 7.53. The van der Waals surface area contributed by atoms with Gasteiger partial charge in [0.1, 0.15) is 17.7 Å². The van der Waals surface area contributed by atoms with Crippen molar-refractivity contribution in [3.8, 4) is 11.5 Å². The van der Waals surface area contributed by atoms with E-state index in [1.807, 2.05) is 0 Å². The van der Waals surface area contributed by atoms with Crippen molar-refractivity contribution >= 4 is 47.3 Å².